The molecule has 0 fully saturated rings. The second kappa shape index (κ2) is 11.2. The van der Waals surface area contributed by atoms with E-state index in [1.165, 1.54) is 6.07 Å². The predicted molar refractivity (Wildman–Crippen MR) is 133 cm³/mol. The van der Waals surface area contributed by atoms with Crippen LogP contribution in [0.25, 0.3) is 11.0 Å². The van der Waals surface area contributed by atoms with Gasteiger partial charge in [-0.25, -0.2) is 9.37 Å². The number of benzene rings is 3. The van der Waals surface area contributed by atoms with Crippen molar-refractivity contribution in [3.05, 3.63) is 94.5 Å². The second-order valence-corrected chi connectivity index (χ2v) is 8.51. The molecule has 0 atom stereocenters. The van der Waals surface area contributed by atoms with Crippen molar-refractivity contribution in [2.24, 2.45) is 0 Å². The maximum atomic E-state index is 14.4. The summed E-state index contributed by atoms with van der Waals surface area (Å²) < 4.78 is 21.6. The molecule has 0 bridgehead atoms. The Balaban J connectivity index is 1.33. The molecule has 34 heavy (non-hydrogen) atoms. The molecule has 176 valence electrons. The van der Waals surface area contributed by atoms with Gasteiger partial charge in [0, 0.05) is 29.1 Å². The molecule has 0 aliphatic heterocycles. The number of fused-ring (bicyclic) bond motifs is 1. The quantitative estimate of drug-likeness (QED) is 0.282. The average molecular weight is 480 g/mol. The van der Waals surface area contributed by atoms with Gasteiger partial charge in [0.2, 0.25) is 0 Å². The number of nitrogens with zero attached hydrogens (tertiary/aromatic N) is 2. The molecule has 1 heterocycles. The van der Waals surface area contributed by atoms with Gasteiger partial charge in [0.05, 0.1) is 24.7 Å². The number of hydrogen-bond acceptors (Lipinski definition) is 3. The number of ether oxygens (including phenoxy) is 1. The van der Waals surface area contributed by atoms with Gasteiger partial charge in [-0.3, -0.25) is 4.79 Å². The van der Waals surface area contributed by atoms with E-state index in [1.807, 2.05) is 28.8 Å². The molecule has 1 amide bonds. The van der Waals surface area contributed by atoms with Gasteiger partial charge in [0.1, 0.15) is 17.4 Å². The highest BCUT2D eigenvalue weighted by molar-refractivity contribution is 6.31. The smallest absolute Gasteiger partial charge is 0.251 e. The Morgan fingerprint density at radius 2 is 1.82 bits per heavy atom. The van der Waals surface area contributed by atoms with Gasteiger partial charge < -0.3 is 14.6 Å². The molecule has 0 spiro atoms. The fourth-order valence-electron chi connectivity index (χ4n) is 3.97. The molecule has 0 aliphatic rings. The Labute approximate surface area is 203 Å². The number of amides is 1. The van der Waals surface area contributed by atoms with Crippen LogP contribution in [0.15, 0.2) is 66.7 Å². The highest BCUT2D eigenvalue weighted by Crippen LogP contribution is 2.24. The van der Waals surface area contributed by atoms with Gasteiger partial charge in [-0.05, 0) is 61.4 Å². The van der Waals surface area contributed by atoms with E-state index in [-0.39, 0.29) is 11.7 Å². The van der Waals surface area contributed by atoms with Crippen molar-refractivity contribution in [3.63, 3.8) is 0 Å². The van der Waals surface area contributed by atoms with Crippen molar-refractivity contribution in [2.75, 3.05) is 13.7 Å². The van der Waals surface area contributed by atoms with E-state index in [2.05, 4.69) is 5.32 Å². The second-order valence-electron chi connectivity index (χ2n) is 8.10. The van der Waals surface area contributed by atoms with Crippen LogP contribution in [0.1, 0.15) is 41.0 Å². The minimum Gasteiger partial charge on any atom is -0.497 e. The highest BCUT2D eigenvalue weighted by Gasteiger charge is 2.14. The molecule has 4 rings (SSSR count). The topological polar surface area (TPSA) is 56.1 Å². The fraction of sp³-hybridized carbons (Fsp3) is 0.259. The molecule has 0 saturated carbocycles. The zero-order valence-electron chi connectivity index (χ0n) is 19.1. The van der Waals surface area contributed by atoms with Crippen molar-refractivity contribution < 1.29 is 13.9 Å². The Morgan fingerprint density at radius 3 is 2.59 bits per heavy atom. The normalized spacial score (nSPS) is 11.0. The first-order valence-corrected chi connectivity index (χ1v) is 11.7. The van der Waals surface area contributed by atoms with Gasteiger partial charge >= 0.3 is 0 Å². The third kappa shape index (κ3) is 5.57. The predicted octanol–water partition coefficient (Wildman–Crippen LogP) is 6.03. The standard InChI is InChI=1S/C27H27ClFN3O2/c1-34-20-15-13-19(14-16-20)27(33)30-17-6-2-3-12-26-31-24-10-4-5-11-25(24)32(26)18-21-22(28)8-7-9-23(21)29/h4-5,7-11,13-16H,2-3,6,12,17-18H2,1H3,(H,30,33). The number of halogens is 2. The van der Waals surface area contributed by atoms with Crippen molar-refractivity contribution in [2.45, 2.75) is 32.2 Å². The SMILES string of the molecule is COc1ccc(C(=O)NCCCCCc2nc3ccccc3n2Cc2c(F)cccc2Cl)cc1. The highest BCUT2D eigenvalue weighted by atomic mass is 35.5. The van der Waals surface area contributed by atoms with Crippen LogP contribution in [0.2, 0.25) is 5.02 Å². The number of aryl methyl sites for hydroxylation is 1. The van der Waals surface area contributed by atoms with Crippen LogP contribution in [0.4, 0.5) is 4.39 Å². The van der Waals surface area contributed by atoms with E-state index in [9.17, 15) is 9.18 Å². The van der Waals surface area contributed by atoms with E-state index in [0.29, 0.717) is 29.2 Å². The molecule has 1 aromatic heterocycles. The Kier molecular flexibility index (Phi) is 7.80. The van der Waals surface area contributed by atoms with E-state index < -0.39 is 0 Å². The van der Waals surface area contributed by atoms with Crippen molar-refractivity contribution in [1.82, 2.24) is 14.9 Å². The number of nitrogens with one attached hydrogen (secondary N) is 1. The summed E-state index contributed by atoms with van der Waals surface area (Å²) in [5.41, 5.74) is 2.93. The minimum atomic E-state index is -0.316. The number of rotatable bonds is 10. The summed E-state index contributed by atoms with van der Waals surface area (Å²) in [5.74, 6) is 1.22. The van der Waals surface area contributed by atoms with Crippen LogP contribution in [0, 0.1) is 5.82 Å². The zero-order valence-corrected chi connectivity index (χ0v) is 19.8. The molecule has 3 aromatic carbocycles. The summed E-state index contributed by atoms with van der Waals surface area (Å²) in [4.78, 5) is 17.0. The van der Waals surface area contributed by atoms with Crippen LogP contribution in [0.5, 0.6) is 5.75 Å². The molecule has 0 unspecified atom stereocenters. The first-order valence-electron chi connectivity index (χ1n) is 11.4. The van der Waals surface area contributed by atoms with Crippen molar-refractivity contribution >= 4 is 28.5 Å². The number of carbonyl (C=O) groups is 1. The van der Waals surface area contributed by atoms with Crippen molar-refractivity contribution in [3.8, 4) is 5.75 Å². The van der Waals surface area contributed by atoms with E-state index in [0.717, 1.165) is 48.3 Å². The van der Waals surface area contributed by atoms with E-state index in [1.54, 1.807) is 43.5 Å². The number of imidazole rings is 1. The lowest BCUT2D eigenvalue weighted by atomic mass is 10.1. The number of aromatic nitrogens is 2. The van der Waals surface area contributed by atoms with Crippen LogP contribution in [0.3, 0.4) is 0 Å². The molecule has 7 heteroatoms. The van der Waals surface area contributed by atoms with Crippen LogP contribution in [-0.2, 0) is 13.0 Å². The van der Waals surface area contributed by atoms with Crippen LogP contribution in [-0.4, -0.2) is 29.1 Å². The summed E-state index contributed by atoms with van der Waals surface area (Å²) in [6.07, 6.45) is 3.47. The average Bonchev–Trinajstić information content (AvgIpc) is 3.20. The number of unbranched alkanes of at least 4 members (excludes halogenated alkanes) is 2. The summed E-state index contributed by atoms with van der Waals surface area (Å²) >= 11 is 6.28. The van der Waals surface area contributed by atoms with Gasteiger partial charge in [-0.1, -0.05) is 36.2 Å². The van der Waals surface area contributed by atoms with E-state index >= 15 is 0 Å². The van der Waals surface area contributed by atoms with Crippen LogP contribution < -0.4 is 10.1 Å². The molecular weight excluding hydrogens is 453 g/mol. The molecule has 5 nitrogen and oxygen atoms in total. The van der Waals surface area contributed by atoms with E-state index in [4.69, 9.17) is 21.3 Å². The Hall–Kier alpha value is -3.38. The molecular formula is C27H27ClFN3O2. The first kappa shape index (κ1) is 23.8. The number of methoxy groups -OCH3 is 1. The molecule has 0 aliphatic carbocycles. The summed E-state index contributed by atoms with van der Waals surface area (Å²) in [5, 5.41) is 3.37. The lowest BCUT2D eigenvalue weighted by Crippen LogP contribution is -2.24. The molecule has 0 saturated heterocycles. The Morgan fingerprint density at radius 1 is 1.03 bits per heavy atom. The summed E-state index contributed by atoms with van der Waals surface area (Å²) in [6, 6.07) is 19.7. The summed E-state index contributed by atoms with van der Waals surface area (Å²) in [7, 11) is 1.60. The van der Waals surface area contributed by atoms with Crippen LogP contribution >= 0.6 is 11.6 Å². The van der Waals surface area contributed by atoms with Gasteiger partial charge in [-0.2, -0.15) is 0 Å². The first-order chi connectivity index (χ1) is 16.6. The minimum absolute atomic E-state index is 0.0915. The maximum Gasteiger partial charge on any atom is 0.251 e. The lowest BCUT2D eigenvalue weighted by molar-refractivity contribution is 0.0953. The molecule has 0 radical (unpaired) electrons. The van der Waals surface area contributed by atoms with Gasteiger partial charge in [-0.15, -0.1) is 0 Å². The zero-order chi connectivity index (χ0) is 23.9. The third-order valence-electron chi connectivity index (χ3n) is 5.83. The largest absolute Gasteiger partial charge is 0.497 e. The molecule has 4 aromatic rings. The number of hydrogen-bond donors (Lipinski definition) is 1. The maximum absolute atomic E-state index is 14.4. The van der Waals surface area contributed by atoms with Gasteiger partial charge in [0.25, 0.3) is 5.91 Å². The Bertz CT molecular complexity index is 1250. The monoisotopic (exact) mass is 479 g/mol. The third-order valence-corrected chi connectivity index (χ3v) is 6.18. The molecule has 1 N–H and O–H groups in total. The lowest BCUT2D eigenvalue weighted by Gasteiger charge is -2.12. The van der Waals surface area contributed by atoms with Gasteiger partial charge in [0.15, 0.2) is 0 Å². The summed E-state index contributed by atoms with van der Waals surface area (Å²) in [6.45, 7) is 0.936. The number of carbonyl (C=O) groups excluding carboxylic acids is 1. The fourth-order valence-corrected chi connectivity index (χ4v) is 4.19. The number of para-hydroxylation sites is 2. The van der Waals surface area contributed by atoms with Crippen molar-refractivity contribution in [1.29, 1.82) is 0 Å².